The fourth-order valence-electron chi connectivity index (χ4n) is 11.0. The van der Waals surface area contributed by atoms with Crippen LogP contribution in [0.3, 0.4) is 0 Å². The van der Waals surface area contributed by atoms with Gasteiger partial charge in [-0.3, -0.25) is 4.98 Å². The van der Waals surface area contributed by atoms with Crippen LogP contribution in [-0.4, -0.2) is 41.2 Å². The van der Waals surface area contributed by atoms with Crippen molar-refractivity contribution in [2.24, 2.45) is 0 Å². The number of aromatic nitrogens is 2. The molecule has 10 aromatic carbocycles. The summed E-state index contributed by atoms with van der Waals surface area (Å²) in [6, 6.07) is 86.1. The van der Waals surface area contributed by atoms with Gasteiger partial charge in [0, 0.05) is 33.4 Å². The first-order valence-corrected chi connectivity index (χ1v) is 25.5. The third-order valence-corrected chi connectivity index (χ3v) is 14.8. The molecule has 8 nitrogen and oxygen atoms in total. The topological polar surface area (TPSA) is 122 Å². The first-order valence-electron chi connectivity index (χ1n) is 25.5. The number of aliphatic hydroxyl groups is 5. The second-order valence-electron chi connectivity index (χ2n) is 19.5. The molecule has 12 aromatic rings. The van der Waals surface area contributed by atoms with Crippen molar-refractivity contribution in [3.63, 3.8) is 0 Å². The summed E-state index contributed by atoms with van der Waals surface area (Å²) in [5.74, 6) is -4.54. The van der Waals surface area contributed by atoms with Crippen LogP contribution in [0.4, 0.5) is 17.1 Å². The molecule has 2 atom stereocenters. The highest BCUT2D eigenvalue weighted by Gasteiger charge is 2.39. The standard InChI is InChI=1S/C69H49N3O5/c73-65-64(66(74)68(76)69(77)67(65)75)50-27-31-60-59-30-26-49(40-62(59)72(63(60)41-50)55-28-25-47-23-13-14-24-48(47)35-55)61-32-29-56(42-70-61)71(57-36-51(43-15-5-1-6-16-43)33-52(37-57)44-17-7-2-8-18-44)58-38-53(45-19-9-3-10-20-45)34-54(39-58)46-21-11-4-12-22-46/h1-42,64-65,73-77H. The van der Waals surface area contributed by atoms with Crippen LogP contribution in [0.2, 0.25) is 0 Å². The molecule has 77 heavy (non-hydrogen) atoms. The molecule has 370 valence electrons. The van der Waals surface area contributed by atoms with Gasteiger partial charge in [-0.05, 0) is 134 Å². The van der Waals surface area contributed by atoms with Crippen molar-refractivity contribution >= 4 is 49.6 Å². The van der Waals surface area contributed by atoms with Gasteiger partial charge in [0.25, 0.3) is 0 Å². The number of hydrogen-bond donors (Lipinski definition) is 5. The van der Waals surface area contributed by atoms with Gasteiger partial charge in [0.1, 0.15) is 11.9 Å². The molecule has 2 heterocycles. The van der Waals surface area contributed by atoms with Crippen LogP contribution in [0.5, 0.6) is 0 Å². The lowest BCUT2D eigenvalue weighted by Gasteiger charge is -2.28. The lowest BCUT2D eigenvalue weighted by Crippen LogP contribution is -2.29. The minimum absolute atomic E-state index is 0.426. The van der Waals surface area contributed by atoms with E-state index in [0.717, 1.165) is 111 Å². The van der Waals surface area contributed by atoms with E-state index in [4.69, 9.17) is 4.98 Å². The number of benzene rings is 10. The van der Waals surface area contributed by atoms with Gasteiger partial charge < -0.3 is 35.0 Å². The molecule has 0 amide bonds. The van der Waals surface area contributed by atoms with E-state index in [1.807, 2.05) is 54.7 Å². The summed E-state index contributed by atoms with van der Waals surface area (Å²) in [6.07, 6.45) is 0.252. The summed E-state index contributed by atoms with van der Waals surface area (Å²) in [4.78, 5) is 7.58. The van der Waals surface area contributed by atoms with Crippen molar-refractivity contribution in [3.8, 4) is 61.5 Å². The Hall–Kier alpha value is -10.2. The Balaban J connectivity index is 0.987. The Morgan fingerprint density at radius 1 is 0.364 bits per heavy atom. The molecule has 1 aliphatic rings. The third-order valence-electron chi connectivity index (χ3n) is 14.8. The van der Waals surface area contributed by atoms with Gasteiger partial charge in [0.05, 0.1) is 34.5 Å². The van der Waals surface area contributed by atoms with Crippen LogP contribution in [0.1, 0.15) is 11.5 Å². The van der Waals surface area contributed by atoms with Crippen molar-refractivity contribution in [2.45, 2.75) is 12.0 Å². The Labute approximate surface area is 444 Å². The van der Waals surface area contributed by atoms with Crippen LogP contribution in [0.25, 0.3) is 94.0 Å². The number of fused-ring (bicyclic) bond motifs is 4. The minimum Gasteiger partial charge on any atom is -0.508 e. The van der Waals surface area contributed by atoms with Gasteiger partial charge in [0.2, 0.25) is 5.76 Å². The zero-order valence-electron chi connectivity index (χ0n) is 41.5. The Kier molecular flexibility index (Phi) is 11.7. The van der Waals surface area contributed by atoms with Crippen LogP contribution < -0.4 is 4.90 Å². The molecule has 13 rings (SSSR count). The molecule has 0 spiro atoms. The van der Waals surface area contributed by atoms with Gasteiger partial charge in [-0.1, -0.05) is 176 Å². The van der Waals surface area contributed by atoms with E-state index in [1.165, 1.54) is 0 Å². The van der Waals surface area contributed by atoms with E-state index in [2.05, 4.69) is 204 Å². The van der Waals surface area contributed by atoms with Crippen molar-refractivity contribution in [1.29, 1.82) is 0 Å². The first kappa shape index (κ1) is 46.6. The maximum Gasteiger partial charge on any atom is 0.202 e. The fourth-order valence-corrected chi connectivity index (χ4v) is 11.0. The molecular weight excluding hydrogens is 951 g/mol. The summed E-state index contributed by atoms with van der Waals surface area (Å²) in [5.41, 5.74) is 16.1. The molecule has 2 unspecified atom stereocenters. The Bertz CT molecular complexity index is 4030. The summed E-state index contributed by atoms with van der Waals surface area (Å²) < 4.78 is 2.15. The van der Waals surface area contributed by atoms with Crippen molar-refractivity contribution in [3.05, 3.63) is 284 Å². The second-order valence-corrected chi connectivity index (χ2v) is 19.5. The monoisotopic (exact) mass is 999 g/mol. The smallest absolute Gasteiger partial charge is 0.202 e. The van der Waals surface area contributed by atoms with E-state index >= 15 is 0 Å². The van der Waals surface area contributed by atoms with Gasteiger partial charge >= 0.3 is 0 Å². The minimum atomic E-state index is -1.70. The van der Waals surface area contributed by atoms with Crippen LogP contribution in [0.15, 0.2) is 278 Å². The van der Waals surface area contributed by atoms with E-state index < -0.39 is 35.1 Å². The van der Waals surface area contributed by atoms with Crippen molar-refractivity contribution in [2.75, 3.05) is 4.90 Å². The largest absolute Gasteiger partial charge is 0.508 e. The molecule has 0 bridgehead atoms. The maximum atomic E-state index is 11.2. The first-order chi connectivity index (χ1) is 37.7. The van der Waals surface area contributed by atoms with Gasteiger partial charge in [-0.2, -0.15) is 0 Å². The Morgan fingerprint density at radius 2 is 0.844 bits per heavy atom. The molecule has 0 saturated heterocycles. The van der Waals surface area contributed by atoms with E-state index in [9.17, 15) is 25.5 Å². The molecule has 0 fully saturated rings. The summed E-state index contributed by atoms with van der Waals surface area (Å²) in [6.45, 7) is 0. The van der Waals surface area contributed by atoms with Crippen LogP contribution in [-0.2, 0) is 0 Å². The van der Waals surface area contributed by atoms with E-state index in [-0.39, 0.29) is 0 Å². The molecule has 2 aromatic heterocycles. The fraction of sp³-hybridized carbons (Fsp3) is 0.0290. The number of hydrogen-bond acceptors (Lipinski definition) is 7. The lowest BCUT2D eigenvalue weighted by atomic mass is 9.85. The SMILES string of the molecule is OC1=C(O)C(O)C(c2ccc3c4ccc(-c5ccc(N(c6cc(-c7ccccc7)cc(-c7ccccc7)c6)c6cc(-c7ccccc7)cc(-c7ccccc7)c6)cn5)cc4n(-c4ccc5ccccc5c4)c3c2)C(O)=C1O. The van der Waals surface area contributed by atoms with Gasteiger partial charge in [-0.25, -0.2) is 0 Å². The van der Waals surface area contributed by atoms with Crippen LogP contribution in [0, 0.1) is 0 Å². The third kappa shape index (κ3) is 8.49. The highest BCUT2D eigenvalue weighted by atomic mass is 16.4. The van der Waals surface area contributed by atoms with E-state index in [0.29, 0.717) is 5.56 Å². The number of nitrogens with zero attached hydrogens (tertiary/aromatic N) is 3. The van der Waals surface area contributed by atoms with Gasteiger partial charge in [-0.15, -0.1) is 0 Å². The zero-order chi connectivity index (χ0) is 52.1. The molecule has 0 saturated carbocycles. The molecular formula is C69H49N3O5. The number of pyridine rings is 1. The zero-order valence-corrected chi connectivity index (χ0v) is 41.5. The van der Waals surface area contributed by atoms with Gasteiger partial charge in [0.15, 0.2) is 11.5 Å². The Morgan fingerprint density at radius 3 is 1.36 bits per heavy atom. The van der Waals surface area contributed by atoms with Crippen molar-refractivity contribution < 1.29 is 25.5 Å². The molecule has 0 radical (unpaired) electrons. The predicted molar refractivity (Wildman–Crippen MR) is 311 cm³/mol. The average molecular weight is 1000 g/mol. The number of aliphatic hydroxyl groups excluding tert-OH is 5. The maximum absolute atomic E-state index is 11.2. The number of rotatable bonds is 10. The number of anilines is 3. The molecule has 5 N–H and O–H groups in total. The summed E-state index contributed by atoms with van der Waals surface area (Å²) in [5, 5.41) is 57.7. The molecule has 0 aliphatic heterocycles. The lowest BCUT2D eigenvalue weighted by molar-refractivity contribution is 0.0908. The van der Waals surface area contributed by atoms with E-state index in [1.54, 1.807) is 6.07 Å². The summed E-state index contributed by atoms with van der Waals surface area (Å²) >= 11 is 0. The highest BCUT2D eigenvalue weighted by molar-refractivity contribution is 6.10. The van der Waals surface area contributed by atoms with Crippen molar-refractivity contribution in [1.82, 2.24) is 9.55 Å². The van der Waals surface area contributed by atoms with Crippen LogP contribution >= 0.6 is 0 Å². The second kappa shape index (κ2) is 19.3. The molecule has 1 aliphatic carbocycles. The predicted octanol–water partition coefficient (Wildman–Crippen LogP) is 17.2. The average Bonchev–Trinajstić information content (AvgIpc) is 3.84. The summed E-state index contributed by atoms with van der Waals surface area (Å²) in [7, 11) is 0. The normalized spacial score (nSPS) is 14.7. The molecule has 8 heteroatoms. The highest BCUT2D eigenvalue weighted by Crippen LogP contribution is 2.45. The quantitative estimate of drug-likeness (QED) is 0.0925.